The topological polar surface area (TPSA) is 46.5 Å². The summed E-state index contributed by atoms with van der Waals surface area (Å²) >= 11 is 0. The summed E-state index contributed by atoms with van der Waals surface area (Å²) in [6.07, 6.45) is 0.300. The van der Waals surface area contributed by atoms with Crippen LogP contribution in [0.5, 0.6) is 0 Å². The maximum Gasteiger partial charge on any atom is 0.398 e. The second kappa shape index (κ2) is 6.70. The van der Waals surface area contributed by atoms with Crippen LogP contribution in [0.3, 0.4) is 0 Å². The highest BCUT2D eigenvalue weighted by Gasteiger charge is 2.58. The first-order valence-corrected chi connectivity index (χ1v) is 6.87. The van der Waals surface area contributed by atoms with Gasteiger partial charge in [-0.2, -0.15) is 0 Å². The number of aliphatic hydroxyl groups is 1. The predicted octanol–water partition coefficient (Wildman–Crippen LogP) is -1.66. The van der Waals surface area contributed by atoms with Gasteiger partial charge in [0.1, 0.15) is 13.2 Å². The Labute approximate surface area is 130 Å². The zero-order chi connectivity index (χ0) is 13.9. The van der Waals surface area contributed by atoms with Gasteiger partial charge in [-0.05, 0) is 19.4 Å². The van der Waals surface area contributed by atoms with E-state index < -0.39 is 11.7 Å². The van der Waals surface area contributed by atoms with Gasteiger partial charge in [0, 0.05) is 0 Å². The van der Waals surface area contributed by atoms with Gasteiger partial charge < -0.3 is 26.8 Å². The van der Waals surface area contributed by atoms with Crippen molar-refractivity contribution in [3.8, 4) is 0 Å². The van der Waals surface area contributed by atoms with Crippen LogP contribution in [0.2, 0.25) is 0 Å². The molecule has 1 unspecified atom stereocenters. The molecular weight excluding hydrogens is 322 g/mol. The van der Waals surface area contributed by atoms with Gasteiger partial charge in [-0.1, -0.05) is 30.3 Å². The van der Waals surface area contributed by atoms with E-state index in [-0.39, 0.29) is 17.0 Å². The number of cyclic esters (lactones) is 1. The molecule has 1 atom stereocenters. The number of likely N-dealkylation sites (N-methyl/N-ethyl adjacent to an activating group) is 1. The number of rotatable bonds is 4. The van der Waals surface area contributed by atoms with Crippen molar-refractivity contribution in [1.82, 2.24) is 0 Å². The normalized spacial score (nSPS) is 24.6. The number of halogens is 1. The maximum absolute atomic E-state index is 12.2. The number of hydrogen-bond acceptors (Lipinski definition) is 3. The Morgan fingerprint density at radius 3 is 2.40 bits per heavy atom. The van der Waals surface area contributed by atoms with Crippen LogP contribution in [-0.4, -0.2) is 47.5 Å². The van der Waals surface area contributed by atoms with Crippen LogP contribution < -0.4 is 17.0 Å². The van der Waals surface area contributed by atoms with Gasteiger partial charge in [0.15, 0.2) is 0 Å². The van der Waals surface area contributed by atoms with Crippen molar-refractivity contribution in [1.29, 1.82) is 0 Å². The molecular formula is C15H22BrNO3. The second-order valence-electron chi connectivity index (χ2n) is 5.12. The van der Waals surface area contributed by atoms with Crippen molar-refractivity contribution in [3.05, 3.63) is 35.9 Å². The lowest BCUT2D eigenvalue weighted by atomic mass is 9.96. The highest BCUT2D eigenvalue weighted by molar-refractivity contribution is 5.78. The minimum absolute atomic E-state index is 0. The number of quaternary nitrogens is 1. The van der Waals surface area contributed by atoms with E-state index >= 15 is 0 Å². The zero-order valence-electron chi connectivity index (χ0n) is 12.0. The van der Waals surface area contributed by atoms with Crippen LogP contribution in [0, 0.1) is 0 Å². The lowest BCUT2D eigenvalue weighted by Crippen LogP contribution is -3.00. The van der Waals surface area contributed by atoms with E-state index in [1.54, 1.807) is 0 Å². The molecule has 0 aliphatic carbocycles. The van der Waals surface area contributed by atoms with E-state index in [0.717, 1.165) is 18.7 Å². The number of hydrogen-bond donors (Lipinski definition) is 1. The SMILES string of the molecule is CC[N+]1(CC)CCOC(=O)C1(O)Cc1ccccc1.[Br-]. The van der Waals surface area contributed by atoms with Crippen molar-refractivity contribution in [2.75, 3.05) is 26.2 Å². The van der Waals surface area contributed by atoms with E-state index in [9.17, 15) is 9.90 Å². The number of nitrogens with zero attached hydrogens (tertiary/aromatic N) is 1. The summed E-state index contributed by atoms with van der Waals surface area (Å²) in [5, 5.41) is 11.0. The maximum atomic E-state index is 12.2. The zero-order valence-corrected chi connectivity index (χ0v) is 13.6. The minimum atomic E-state index is -1.47. The molecule has 4 nitrogen and oxygen atoms in total. The van der Waals surface area contributed by atoms with E-state index in [0.29, 0.717) is 24.1 Å². The molecule has 1 fully saturated rings. The summed E-state index contributed by atoms with van der Waals surface area (Å²) in [6, 6.07) is 9.62. The molecule has 0 spiro atoms. The molecule has 1 saturated heterocycles. The summed E-state index contributed by atoms with van der Waals surface area (Å²) in [4.78, 5) is 12.2. The standard InChI is InChI=1S/C15H22NO3.BrH/c1-3-16(4-2)10-11-19-14(17)15(16,18)12-13-8-6-5-7-9-13;/h5-9,18H,3-4,10-12H2,1-2H3;1H/q+1;/p-1. The van der Waals surface area contributed by atoms with Crippen LogP contribution in [0.15, 0.2) is 30.3 Å². The molecule has 2 rings (SSSR count). The minimum Gasteiger partial charge on any atom is -1.00 e. The fourth-order valence-corrected chi connectivity index (χ4v) is 2.99. The van der Waals surface area contributed by atoms with Crippen molar-refractivity contribution in [3.63, 3.8) is 0 Å². The van der Waals surface area contributed by atoms with Crippen molar-refractivity contribution < 1.29 is 36.1 Å². The van der Waals surface area contributed by atoms with E-state index in [1.165, 1.54) is 0 Å². The number of carbonyl (C=O) groups is 1. The van der Waals surface area contributed by atoms with Crippen LogP contribution in [0.25, 0.3) is 0 Å². The van der Waals surface area contributed by atoms with Gasteiger partial charge >= 0.3 is 11.7 Å². The Morgan fingerprint density at radius 1 is 1.25 bits per heavy atom. The van der Waals surface area contributed by atoms with Crippen LogP contribution in [-0.2, 0) is 16.0 Å². The number of benzene rings is 1. The lowest BCUT2D eigenvalue weighted by molar-refractivity contribution is -0.991. The quantitative estimate of drug-likeness (QED) is 0.525. The molecule has 5 heteroatoms. The largest absolute Gasteiger partial charge is 1.00 e. The monoisotopic (exact) mass is 343 g/mol. The summed E-state index contributed by atoms with van der Waals surface area (Å²) < 4.78 is 5.50. The molecule has 0 bridgehead atoms. The number of morpholine rings is 1. The molecule has 112 valence electrons. The molecule has 0 saturated carbocycles. The van der Waals surface area contributed by atoms with Crippen molar-refractivity contribution in [2.45, 2.75) is 26.0 Å². The summed E-state index contributed by atoms with van der Waals surface area (Å²) in [6.45, 7) is 6.51. The highest BCUT2D eigenvalue weighted by Crippen LogP contribution is 2.31. The Bertz CT molecular complexity index is 448. The van der Waals surface area contributed by atoms with Gasteiger partial charge in [0.05, 0.1) is 19.5 Å². The highest BCUT2D eigenvalue weighted by atomic mass is 79.9. The lowest BCUT2D eigenvalue weighted by Gasteiger charge is -2.49. The second-order valence-corrected chi connectivity index (χ2v) is 5.12. The van der Waals surface area contributed by atoms with Crippen LogP contribution in [0.4, 0.5) is 0 Å². The summed E-state index contributed by atoms with van der Waals surface area (Å²) in [5.41, 5.74) is -0.517. The fraction of sp³-hybridized carbons (Fsp3) is 0.533. The van der Waals surface area contributed by atoms with Crippen molar-refractivity contribution >= 4 is 5.97 Å². The third kappa shape index (κ3) is 2.75. The summed E-state index contributed by atoms with van der Waals surface area (Å²) in [7, 11) is 0. The number of carbonyl (C=O) groups excluding carboxylic acids is 1. The van der Waals surface area contributed by atoms with Gasteiger partial charge in [-0.15, -0.1) is 0 Å². The van der Waals surface area contributed by atoms with E-state index in [2.05, 4.69) is 0 Å². The predicted molar refractivity (Wildman–Crippen MR) is 72.3 cm³/mol. The van der Waals surface area contributed by atoms with Gasteiger partial charge in [0.2, 0.25) is 0 Å². The smallest absolute Gasteiger partial charge is 0.398 e. The average Bonchev–Trinajstić information content (AvgIpc) is 2.43. The number of ether oxygens (including phenoxy) is 1. The van der Waals surface area contributed by atoms with Crippen molar-refractivity contribution in [2.24, 2.45) is 0 Å². The average molecular weight is 344 g/mol. The Hall–Kier alpha value is -0.910. The molecule has 1 aromatic rings. The van der Waals surface area contributed by atoms with Gasteiger partial charge in [-0.3, -0.25) is 4.48 Å². The van der Waals surface area contributed by atoms with Crippen LogP contribution >= 0.6 is 0 Å². The molecule has 1 aliphatic heterocycles. The molecule has 1 N–H and O–H groups in total. The first-order valence-electron chi connectivity index (χ1n) is 6.87. The Balaban J connectivity index is 0.00000200. The van der Waals surface area contributed by atoms with E-state index in [1.807, 2.05) is 44.2 Å². The Kier molecular flexibility index (Phi) is 5.74. The number of esters is 1. The fourth-order valence-electron chi connectivity index (χ4n) is 2.99. The molecule has 0 radical (unpaired) electrons. The molecule has 0 amide bonds. The molecule has 1 heterocycles. The molecule has 1 aliphatic rings. The summed E-state index contributed by atoms with van der Waals surface area (Å²) in [5.74, 6) is -0.494. The third-order valence-corrected chi connectivity index (χ3v) is 4.37. The first-order chi connectivity index (χ1) is 9.08. The Morgan fingerprint density at radius 2 is 1.85 bits per heavy atom. The van der Waals surface area contributed by atoms with Gasteiger partial charge in [-0.25, -0.2) is 4.79 Å². The van der Waals surface area contributed by atoms with E-state index in [4.69, 9.17) is 4.74 Å². The first kappa shape index (κ1) is 17.1. The molecule has 20 heavy (non-hydrogen) atoms. The molecule has 1 aromatic carbocycles. The van der Waals surface area contributed by atoms with Gasteiger partial charge in [0.25, 0.3) is 0 Å². The molecule has 0 aromatic heterocycles. The third-order valence-electron chi connectivity index (χ3n) is 4.37. The van der Waals surface area contributed by atoms with Crippen LogP contribution in [0.1, 0.15) is 19.4 Å².